The Balaban J connectivity index is 1.84. The largest absolute Gasteiger partial charge is 0.489 e. The zero-order valence-electron chi connectivity index (χ0n) is 18.0. The summed E-state index contributed by atoms with van der Waals surface area (Å²) in [7, 11) is 0. The van der Waals surface area contributed by atoms with Crippen molar-refractivity contribution in [1.82, 2.24) is 10.3 Å². The van der Waals surface area contributed by atoms with E-state index in [1.54, 1.807) is 0 Å². The van der Waals surface area contributed by atoms with Crippen LogP contribution in [0, 0.1) is 5.92 Å². The highest BCUT2D eigenvalue weighted by Gasteiger charge is 2.36. The zero-order chi connectivity index (χ0) is 24.2. The summed E-state index contributed by atoms with van der Waals surface area (Å²) in [5, 5.41) is 2.81. The van der Waals surface area contributed by atoms with Crippen LogP contribution in [0.2, 0.25) is 0 Å². The van der Waals surface area contributed by atoms with Gasteiger partial charge >= 0.3 is 6.61 Å². The molecule has 9 nitrogen and oxygen atoms in total. The number of nitrogens with zero attached hydrogens (tertiary/aromatic N) is 1. The molecule has 176 valence electrons. The second kappa shape index (κ2) is 9.72. The second-order valence-corrected chi connectivity index (χ2v) is 7.84. The molecular weight excluding hydrogens is 438 g/mol. The Morgan fingerprint density at radius 1 is 1.24 bits per heavy atom. The monoisotopic (exact) mass is 462 g/mol. The van der Waals surface area contributed by atoms with Crippen LogP contribution >= 0.6 is 0 Å². The van der Waals surface area contributed by atoms with Crippen molar-refractivity contribution in [3.63, 3.8) is 0 Å². The van der Waals surface area contributed by atoms with Gasteiger partial charge in [-0.05, 0) is 36.3 Å². The van der Waals surface area contributed by atoms with Crippen LogP contribution in [0.4, 0.5) is 8.78 Å². The molecule has 1 aliphatic rings. The Morgan fingerprint density at radius 2 is 2.00 bits per heavy atom. The first kappa shape index (κ1) is 23.8. The Morgan fingerprint density at radius 3 is 2.58 bits per heavy atom. The number of nitrogens with one attached hydrogen (secondary N) is 1. The molecule has 11 heteroatoms. The second-order valence-electron chi connectivity index (χ2n) is 7.84. The first-order chi connectivity index (χ1) is 15.6. The smallest absolute Gasteiger partial charge is 0.387 e. The summed E-state index contributed by atoms with van der Waals surface area (Å²) in [6.45, 7) is 1.12. The molecule has 2 aromatic rings. The van der Waals surface area contributed by atoms with E-state index >= 15 is 0 Å². The maximum absolute atomic E-state index is 12.7. The van der Waals surface area contributed by atoms with Crippen molar-refractivity contribution < 1.29 is 32.3 Å². The first-order valence-corrected chi connectivity index (χ1v) is 10.0. The van der Waals surface area contributed by atoms with Crippen molar-refractivity contribution in [2.24, 2.45) is 17.4 Å². The number of aromatic nitrogens is 1. The summed E-state index contributed by atoms with van der Waals surface area (Å²) >= 11 is 0. The van der Waals surface area contributed by atoms with E-state index in [4.69, 9.17) is 20.6 Å². The van der Waals surface area contributed by atoms with Gasteiger partial charge in [0, 0.05) is 18.2 Å². The average Bonchev–Trinajstić information content (AvgIpc) is 3.21. The molecule has 2 amide bonds. The van der Waals surface area contributed by atoms with Crippen LogP contribution in [0.15, 0.2) is 52.8 Å². The third-order valence-electron chi connectivity index (χ3n) is 4.75. The number of benzene rings is 1. The minimum atomic E-state index is -3.00. The highest BCUT2D eigenvalue weighted by molar-refractivity contribution is 5.96. The minimum Gasteiger partial charge on any atom is -0.489 e. The van der Waals surface area contributed by atoms with Gasteiger partial charge in [-0.2, -0.15) is 8.78 Å². The zero-order valence-corrected chi connectivity index (χ0v) is 18.0. The summed E-state index contributed by atoms with van der Waals surface area (Å²) in [5.41, 5.74) is 10.5. The number of hydrogen-bond acceptors (Lipinski definition) is 7. The predicted octanol–water partition coefficient (Wildman–Crippen LogP) is 2.27. The van der Waals surface area contributed by atoms with Crippen molar-refractivity contribution in [3.8, 4) is 23.0 Å². The lowest BCUT2D eigenvalue weighted by atomic mass is 9.89. The van der Waals surface area contributed by atoms with Gasteiger partial charge in [0.2, 0.25) is 17.7 Å². The average molecular weight is 462 g/mol. The molecule has 1 aromatic carbocycles. The molecule has 0 aliphatic carbocycles. The lowest BCUT2D eigenvalue weighted by molar-refractivity contribution is -0.122. The Bertz CT molecular complexity index is 1100. The van der Waals surface area contributed by atoms with E-state index < -0.39 is 24.0 Å². The summed E-state index contributed by atoms with van der Waals surface area (Å²) < 4.78 is 41.1. The van der Waals surface area contributed by atoms with Crippen LogP contribution < -0.4 is 26.3 Å². The molecule has 0 saturated carbocycles. The van der Waals surface area contributed by atoms with E-state index in [9.17, 15) is 18.4 Å². The molecule has 0 fully saturated rings. The number of dihydropyridines is 1. The van der Waals surface area contributed by atoms with Crippen LogP contribution in [0.5, 0.6) is 11.5 Å². The third-order valence-corrected chi connectivity index (χ3v) is 4.75. The fourth-order valence-electron chi connectivity index (χ4n) is 3.05. The van der Waals surface area contributed by atoms with E-state index in [1.165, 1.54) is 42.8 Å². The molecule has 5 N–H and O–H groups in total. The van der Waals surface area contributed by atoms with Gasteiger partial charge in [0.1, 0.15) is 11.8 Å². The van der Waals surface area contributed by atoms with E-state index in [-0.39, 0.29) is 35.3 Å². The van der Waals surface area contributed by atoms with Crippen LogP contribution in [-0.2, 0) is 16.0 Å². The summed E-state index contributed by atoms with van der Waals surface area (Å²) in [5.74, 6) is -1.00. The van der Waals surface area contributed by atoms with E-state index in [1.807, 2.05) is 13.8 Å². The molecule has 0 radical (unpaired) electrons. The van der Waals surface area contributed by atoms with Gasteiger partial charge in [-0.1, -0.05) is 13.8 Å². The predicted molar refractivity (Wildman–Crippen MR) is 114 cm³/mol. The molecule has 3 rings (SSSR count). The van der Waals surface area contributed by atoms with E-state index in [2.05, 4.69) is 15.0 Å². The number of halogens is 2. The quantitative estimate of drug-likeness (QED) is 0.491. The van der Waals surface area contributed by atoms with Crippen molar-refractivity contribution in [1.29, 1.82) is 0 Å². The van der Waals surface area contributed by atoms with Crippen molar-refractivity contribution >= 4 is 11.8 Å². The van der Waals surface area contributed by atoms with Gasteiger partial charge in [0.15, 0.2) is 11.5 Å². The number of amides is 2. The molecule has 1 unspecified atom stereocenters. The number of carbonyl (C=O) groups is 2. The normalized spacial score (nSPS) is 17.6. The van der Waals surface area contributed by atoms with Gasteiger partial charge in [-0.3, -0.25) is 9.59 Å². The van der Waals surface area contributed by atoms with Crippen molar-refractivity contribution in [2.75, 3.05) is 6.61 Å². The van der Waals surface area contributed by atoms with E-state index in [0.29, 0.717) is 17.9 Å². The fourth-order valence-corrected chi connectivity index (χ4v) is 3.05. The minimum absolute atomic E-state index is 0.0220. The number of primary amides is 2. The van der Waals surface area contributed by atoms with Gasteiger partial charge < -0.3 is 30.7 Å². The molecule has 0 bridgehead atoms. The Hall–Kier alpha value is -3.89. The van der Waals surface area contributed by atoms with Gasteiger partial charge in [0.05, 0.1) is 17.9 Å². The molecule has 2 heterocycles. The molecule has 0 spiro atoms. The SMILES string of the molecule is CC(C)COc1cc(-c2nc(CC3(C(N)=O)C=CC(C(N)=O)=CN3)co2)ccc1OC(F)F. The van der Waals surface area contributed by atoms with Gasteiger partial charge in [-0.15, -0.1) is 0 Å². The van der Waals surface area contributed by atoms with Crippen LogP contribution in [0.3, 0.4) is 0 Å². The summed E-state index contributed by atoms with van der Waals surface area (Å²) in [6.07, 6.45) is 5.53. The maximum Gasteiger partial charge on any atom is 0.387 e. The van der Waals surface area contributed by atoms with Gasteiger partial charge in [0.25, 0.3) is 0 Å². The third kappa shape index (κ3) is 5.68. The van der Waals surface area contributed by atoms with Crippen LogP contribution in [0.1, 0.15) is 19.5 Å². The fraction of sp³-hybridized carbons (Fsp3) is 0.318. The van der Waals surface area contributed by atoms with Crippen molar-refractivity contribution in [3.05, 3.63) is 54.1 Å². The highest BCUT2D eigenvalue weighted by Crippen LogP contribution is 2.34. The lowest BCUT2D eigenvalue weighted by Gasteiger charge is -2.29. The first-order valence-electron chi connectivity index (χ1n) is 10.0. The number of carbonyl (C=O) groups excluding carboxylic acids is 2. The molecule has 1 atom stereocenters. The number of hydrogen-bond donors (Lipinski definition) is 3. The maximum atomic E-state index is 12.7. The molecule has 0 saturated heterocycles. The molecular formula is C22H24F2N4O5. The molecule has 33 heavy (non-hydrogen) atoms. The highest BCUT2D eigenvalue weighted by atomic mass is 19.3. The van der Waals surface area contributed by atoms with E-state index in [0.717, 1.165) is 0 Å². The Labute approximate surface area is 188 Å². The number of nitrogens with two attached hydrogens (primary N) is 2. The summed E-state index contributed by atoms with van der Waals surface area (Å²) in [4.78, 5) is 27.8. The number of oxazole rings is 1. The van der Waals surface area contributed by atoms with Crippen LogP contribution in [-0.4, -0.2) is 35.6 Å². The Kier molecular flexibility index (Phi) is 7.00. The topological polar surface area (TPSA) is 143 Å². The number of rotatable bonds is 10. The number of ether oxygens (including phenoxy) is 2. The van der Waals surface area contributed by atoms with Crippen LogP contribution in [0.25, 0.3) is 11.5 Å². The molecule has 1 aliphatic heterocycles. The lowest BCUT2D eigenvalue weighted by Crippen LogP contribution is -2.55. The molecule has 1 aromatic heterocycles. The van der Waals surface area contributed by atoms with Crippen molar-refractivity contribution in [2.45, 2.75) is 32.4 Å². The summed E-state index contributed by atoms with van der Waals surface area (Å²) in [6, 6.07) is 4.33. The standard InChI is InChI=1S/C22H24F2N4O5/c1-12(2)10-31-17-7-13(3-4-16(17)33-21(23)24)19-28-15(11-32-19)8-22(20(26)30)6-5-14(9-27-22)18(25)29/h3-7,9,11-12,21,27H,8,10H2,1-2H3,(H2,25,29)(H2,26,30). The number of alkyl halides is 2. The van der Waals surface area contributed by atoms with Gasteiger partial charge in [-0.25, -0.2) is 4.98 Å².